The van der Waals surface area contributed by atoms with Gasteiger partial charge in [-0.15, -0.1) is 0 Å². The van der Waals surface area contributed by atoms with E-state index in [2.05, 4.69) is 37.6 Å². The van der Waals surface area contributed by atoms with Crippen LogP contribution >= 0.6 is 0 Å². The van der Waals surface area contributed by atoms with Crippen LogP contribution in [0.15, 0.2) is 43.1 Å². The normalized spacial score (nSPS) is 17.1. The molecule has 3 rings (SSSR count). The Labute approximate surface area is 165 Å². The zero-order valence-electron chi connectivity index (χ0n) is 16.8. The van der Waals surface area contributed by atoms with Crippen molar-refractivity contribution in [3.8, 4) is 0 Å². The fourth-order valence-corrected chi connectivity index (χ4v) is 3.48. The number of aryl methyl sites for hydroxylation is 1. The number of rotatable bonds is 6. The molecular weight excluding hydrogens is 356 g/mol. The Bertz CT molecular complexity index is 976. The predicted octanol–water partition coefficient (Wildman–Crippen LogP) is 6.22. The molecule has 0 radical (unpaired) electrons. The molecule has 0 amide bonds. The van der Waals surface area contributed by atoms with Gasteiger partial charge < -0.3 is 16.4 Å². The van der Waals surface area contributed by atoms with Gasteiger partial charge >= 0.3 is 0 Å². The maximum Gasteiger partial charge on any atom is 0.172 e. The van der Waals surface area contributed by atoms with E-state index in [1.807, 2.05) is 26.0 Å². The second-order valence-electron chi connectivity index (χ2n) is 8.29. The van der Waals surface area contributed by atoms with Gasteiger partial charge in [-0.3, -0.25) is 0 Å². The zero-order chi connectivity index (χ0) is 20.8. The molecule has 0 saturated heterocycles. The Kier molecular flexibility index (Phi) is 4.96. The first-order chi connectivity index (χ1) is 13.0. The Morgan fingerprint density at radius 2 is 1.79 bits per heavy atom. The molecule has 28 heavy (non-hydrogen) atoms. The average Bonchev–Trinajstić information content (AvgIpc) is 3.26. The molecule has 3 nitrogen and oxygen atoms in total. The van der Waals surface area contributed by atoms with Gasteiger partial charge in [0.2, 0.25) is 0 Å². The number of anilines is 3. The third kappa shape index (κ3) is 3.75. The van der Waals surface area contributed by atoms with E-state index in [0.717, 1.165) is 40.6 Å². The van der Waals surface area contributed by atoms with E-state index in [1.165, 1.54) is 6.07 Å². The number of hydrogen-bond acceptors (Lipinski definition) is 3. The van der Waals surface area contributed by atoms with Gasteiger partial charge in [0.15, 0.2) is 5.82 Å². The van der Waals surface area contributed by atoms with E-state index in [4.69, 9.17) is 5.73 Å². The van der Waals surface area contributed by atoms with Gasteiger partial charge in [-0.2, -0.15) is 0 Å². The summed E-state index contributed by atoms with van der Waals surface area (Å²) in [4.78, 5) is 0. The summed E-state index contributed by atoms with van der Waals surface area (Å²) in [5.41, 5.74) is 10.5. The lowest BCUT2D eigenvalue weighted by molar-refractivity contribution is 0.594. The molecule has 1 saturated carbocycles. The molecule has 0 bridgehead atoms. The van der Waals surface area contributed by atoms with Gasteiger partial charge in [0.05, 0.1) is 5.69 Å². The van der Waals surface area contributed by atoms with E-state index in [9.17, 15) is 8.78 Å². The van der Waals surface area contributed by atoms with Crippen LogP contribution in [-0.2, 0) is 0 Å². The number of nitrogen functional groups attached to an aromatic ring is 1. The summed E-state index contributed by atoms with van der Waals surface area (Å²) < 4.78 is 28.3. The summed E-state index contributed by atoms with van der Waals surface area (Å²) in [6.07, 6.45) is 1.11. The average molecular weight is 383 g/mol. The molecule has 4 N–H and O–H groups in total. The first-order valence-corrected chi connectivity index (χ1v) is 9.28. The highest BCUT2D eigenvalue weighted by atomic mass is 19.1. The molecule has 1 atom stereocenters. The Hall–Kier alpha value is -2.82. The van der Waals surface area contributed by atoms with Crippen LogP contribution in [0.1, 0.15) is 37.0 Å². The first-order valence-electron chi connectivity index (χ1n) is 9.28. The van der Waals surface area contributed by atoms with Gasteiger partial charge in [-0.05, 0) is 61.1 Å². The highest BCUT2D eigenvalue weighted by molar-refractivity contribution is 5.80. The summed E-state index contributed by atoms with van der Waals surface area (Å²) in [6.45, 7) is 16.5. The molecule has 1 unspecified atom stereocenters. The Morgan fingerprint density at radius 1 is 1.14 bits per heavy atom. The zero-order valence-corrected chi connectivity index (χ0v) is 16.8. The minimum absolute atomic E-state index is 0.122. The van der Waals surface area contributed by atoms with Crippen LogP contribution in [0.2, 0.25) is 0 Å². The molecule has 2 aromatic carbocycles. The molecule has 5 heteroatoms. The molecule has 2 aromatic rings. The van der Waals surface area contributed by atoms with Crippen molar-refractivity contribution in [1.82, 2.24) is 0 Å². The van der Waals surface area contributed by atoms with Crippen molar-refractivity contribution < 1.29 is 8.78 Å². The summed E-state index contributed by atoms with van der Waals surface area (Å²) in [6, 6.07) is 6.28. The number of allylic oxidation sites excluding steroid dienone is 1. The van der Waals surface area contributed by atoms with Crippen LogP contribution in [-0.4, -0.2) is 0 Å². The van der Waals surface area contributed by atoms with Crippen molar-refractivity contribution in [3.63, 3.8) is 0 Å². The smallest absolute Gasteiger partial charge is 0.172 e. The van der Waals surface area contributed by atoms with Crippen LogP contribution in [0.3, 0.4) is 0 Å². The van der Waals surface area contributed by atoms with Gasteiger partial charge in [0.25, 0.3) is 0 Å². The van der Waals surface area contributed by atoms with Crippen molar-refractivity contribution in [1.29, 1.82) is 0 Å². The topological polar surface area (TPSA) is 50.1 Å². The summed E-state index contributed by atoms with van der Waals surface area (Å²) in [5.74, 6) is -1.11. The van der Waals surface area contributed by atoms with E-state index in [1.54, 1.807) is 0 Å². The number of benzene rings is 2. The van der Waals surface area contributed by atoms with Crippen LogP contribution in [0, 0.1) is 36.8 Å². The van der Waals surface area contributed by atoms with Crippen LogP contribution in [0.5, 0.6) is 0 Å². The molecule has 0 aromatic heterocycles. The van der Waals surface area contributed by atoms with Crippen molar-refractivity contribution in [3.05, 3.63) is 71.4 Å². The van der Waals surface area contributed by atoms with Crippen LogP contribution in [0.25, 0.3) is 5.70 Å². The third-order valence-corrected chi connectivity index (χ3v) is 5.63. The van der Waals surface area contributed by atoms with Crippen molar-refractivity contribution in [2.24, 2.45) is 11.3 Å². The van der Waals surface area contributed by atoms with Crippen LogP contribution < -0.4 is 16.4 Å². The molecule has 0 aliphatic heterocycles. The van der Waals surface area contributed by atoms with E-state index in [-0.39, 0.29) is 16.8 Å². The van der Waals surface area contributed by atoms with Gasteiger partial charge in [0.1, 0.15) is 11.5 Å². The largest absolute Gasteiger partial charge is 0.396 e. The number of nitrogens with one attached hydrogen (secondary N) is 2. The van der Waals surface area contributed by atoms with E-state index in [0.29, 0.717) is 11.6 Å². The first kappa shape index (κ1) is 19.9. The second-order valence-corrected chi connectivity index (χ2v) is 8.29. The summed E-state index contributed by atoms with van der Waals surface area (Å²) >= 11 is 0. The SMILES string of the molecule is C=C(Nc1c(F)ccc(N)c1F)c1cc(NC(=C)C2CC2(C)C)cc(C)c1C. The fraction of sp³-hybridized carbons (Fsp3) is 0.304. The molecule has 1 fully saturated rings. The second kappa shape index (κ2) is 6.97. The molecule has 1 aliphatic rings. The number of hydrogen-bond donors (Lipinski definition) is 3. The third-order valence-electron chi connectivity index (χ3n) is 5.63. The summed E-state index contributed by atoms with van der Waals surface area (Å²) in [7, 11) is 0. The van der Waals surface area contributed by atoms with Crippen molar-refractivity contribution in [2.45, 2.75) is 34.1 Å². The number of halogens is 2. The maximum absolute atomic E-state index is 14.2. The van der Waals surface area contributed by atoms with E-state index < -0.39 is 11.6 Å². The lowest BCUT2D eigenvalue weighted by atomic mass is 9.99. The Balaban J connectivity index is 1.87. The predicted molar refractivity (Wildman–Crippen MR) is 114 cm³/mol. The Morgan fingerprint density at radius 3 is 2.39 bits per heavy atom. The standard InChI is InChI=1S/C23H27F2N3/c1-12-9-16(27-15(4)18-11-23(18,5)6)10-17(13(12)2)14(3)28-22-19(24)7-8-20(26)21(22)25/h7-10,18,27-28H,3-4,11,26H2,1-2,5-6H3. The van der Waals surface area contributed by atoms with Crippen LogP contribution in [0.4, 0.5) is 25.8 Å². The highest BCUT2D eigenvalue weighted by Crippen LogP contribution is 2.55. The molecule has 0 spiro atoms. The molecular formula is C23H27F2N3. The monoisotopic (exact) mass is 383 g/mol. The van der Waals surface area contributed by atoms with E-state index >= 15 is 0 Å². The summed E-state index contributed by atoms with van der Waals surface area (Å²) in [5, 5.41) is 6.14. The quantitative estimate of drug-likeness (QED) is 0.519. The fourth-order valence-electron chi connectivity index (χ4n) is 3.48. The maximum atomic E-state index is 14.2. The molecule has 1 aliphatic carbocycles. The van der Waals surface area contributed by atoms with Gasteiger partial charge in [-0.1, -0.05) is 27.0 Å². The lowest BCUT2D eigenvalue weighted by Crippen LogP contribution is -2.08. The molecule has 0 heterocycles. The lowest BCUT2D eigenvalue weighted by Gasteiger charge is -2.19. The van der Waals surface area contributed by atoms with Gasteiger partial charge in [0, 0.05) is 28.6 Å². The minimum atomic E-state index is -0.825. The highest BCUT2D eigenvalue weighted by Gasteiger charge is 2.47. The number of nitrogens with two attached hydrogens (primary N) is 1. The van der Waals surface area contributed by atoms with Crippen molar-refractivity contribution >= 4 is 22.8 Å². The molecule has 148 valence electrons. The van der Waals surface area contributed by atoms with Gasteiger partial charge in [-0.25, -0.2) is 8.78 Å². The minimum Gasteiger partial charge on any atom is -0.396 e. The van der Waals surface area contributed by atoms with Crippen molar-refractivity contribution in [2.75, 3.05) is 16.4 Å².